The van der Waals surface area contributed by atoms with Crippen molar-refractivity contribution < 1.29 is 19.1 Å². The molecule has 3 aromatic rings. The molecule has 1 saturated heterocycles. The summed E-state index contributed by atoms with van der Waals surface area (Å²) in [6, 6.07) is 13.4. The Hall–Kier alpha value is -3.04. The Morgan fingerprint density at radius 3 is 2.58 bits per heavy atom. The average molecular weight is 684 g/mol. The van der Waals surface area contributed by atoms with Crippen LogP contribution in [0.4, 0.5) is 0 Å². The van der Waals surface area contributed by atoms with E-state index < -0.39 is 5.54 Å². The quantitative estimate of drug-likeness (QED) is 0.218. The average Bonchev–Trinajstić information content (AvgIpc) is 3.39. The van der Waals surface area contributed by atoms with E-state index in [1.54, 1.807) is 19.1 Å². The van der Waals surface area contributed by atoms with Crippen molar-refractivity contribution in [1.82, 2.24) is 19.7 Å². The molecule has 5 rings (SSSR count). The highest BCUT2D eigenvalue weighted by Crippen LogP contribution is 2.36. The molecule has 2 aliphatic heterocycles. The number of halogens is 1. The van der Waals surface area contributed by atoms with Crippen molar-refractivity contribution in [2.75, 3.05) is 40.4 Å². The molecule has 0 aliphatic carbocycles. The van der Waals surface area contributed by atoms with Crippen LogP contribution in [-0.2, 0) is 17.9 Å². The van der Waals surface area contributed by atoms with Crippen molar-refractivity contribution >= 4 is 38.6 Å². The second-order valence-electron chi connectivity index (χ2n) is 12.5. The first-order valence-corrected chi connectivity index (χ1v) is 17.3. The zero-order chi connectivity index (χ0) is 32.7. The van der Waals surface area contributed by atoms with E-state index in [-0.39, 0.29) is 18.4 Å². The summed E-state index contributed by atoms with van der Waals surface area (Å²) in [5, 5.41) is 4.15. The summed E-state index contributed by atoms with van der Waals surface area (Å²) in [5.41, 5.74) is 1.14. The second-order valence-corrected chi connectivity index (χ2v) is 13.4. The largest absolute Gasteiger partial charge is 0.497 e. The number of carbonyl (C=O) groups is 2. The maximum atomic E-state index is 14.2. The lowest BCUT2D eigenvalue weighted by Gasteiger charge is -2.44. The van der Waals surface area contributed by atoms with Crippen LogP contribution >= 0.6 is 15.9 Å². The van der Waals surface area contributed by atoms with Gasteiger partial charge in [0.05, 0.1) is 32.8 Å². The van der Waals surface area contributed by atoms with Gasteiger partial charge in [0.1, 0.15) is 22.7 Å². The van der Waals surface area contributed by atoms with Gasteiger partial charge in [0, 0.05) is 41.1 Å². The van der Waals surface area contributed by atoms with Gasteiger partial charge in [-0.1, -0.05) is 50.0 Å². The molecule has 2 aliphatic rings. The normalized spacial score (nSPS) is 21.6. The van der Waals surface area contributed by atoms with Gasteiger partial charge in [-0.15, -0.1) is 0 Å². The first-order valence-electron chi connectivity index (χ1n) is 16.5. The maximum absolute atomic E-state index is 14.2. The molecule has 1 fully saturated rings. The fourth-order valence-corrected chi connectivity index (χ4v) is 7.45. The van der Waals surface area contributed by atoms with Gasteiger partial charge in [-0.05, 0) is 81.0 Å². The van der Waals surface area contributed by atoms with Crippen molar-refractivity contribution in [1.29, 1.82) is 0 Å². The molecular weight excluding hydrogens is 632 g/mol. The standard InChI is InChI=1S/C34H45BrN4O4.C2H6/c1-6-8-24-15-23(2)19-37(20-24)14-7-13-36-33(41)34(3)22-38-29-18-28(42-4)11-9-25(29)17-30(38)32(40)39(34)21-26-16-27(35)10-12-31(26)43-5;1-2/h9-12,16-18,23-24H,6-8,13-15,19-22H2,1-5H3,(H,36,41);1-2H3. The Labute approximate surface area is 277 Å². The van der Waals surface area contributed by atoms with Crippen LogP contribution in [0.5, 0.6) is 11.5 Å². The molecule has 0 radical (unpaired) electrons. The van der Waals surface area contributed by atoms with Crippen LogP contribution < -0.4 is 14.8 Å². The molecule has 1 N–H and O–H groups in total. The van der Waals surface area contributed by atoms with Gasteiger partial charge in [0.2, 0.25) is 5.91 Å². The minimum atomic E-state index is -1.13. The van der Waals surface area contributed by atoms with Crippen molar-refractivity contribution in [2.45, 2.75) is 78.9 Å². The van der Waals surface area contributed by atoms with Gasteiger partial charge >= 0.3 is 0 Å². The lowest BCUT2D eigenvalue weighted by atomic mass is 9.87. The molecule has 8 nitrogen and oxygen atoms in total. The summed E-state index contributed by atoms with van der Waals surface area (Å²) in [4.78, 5) is 32.6. The number of hydrogen-bond acceptors (Lipinski definition) is 5. The predicted molar refractivity (Wildman–Crippen MR) is 185 cm³/mol. The first-order chi connectivity index (χ1) is 21.7. The van der Waals surface area contributed by atoms with E-state index in [4.69, 9.17) is 9.47 Å². The summed E-state index contributed by atoms with van der Waals surface area (Å²) in [6.45, 7) is 14.8. The number of fused-ring (bicyclic) bond motifs is 3. The monoisotopic (exact) mass is 682 g/mol. The van der Waals surface area contributed by atoms with Crippen molar-refractivity contribution in [3.63, 3.8) is 0 Å². The van der Waals surface area contributed by atoms with E-state index in [1.165, 1.54) is 19.3 Å². The molecule has 1 aromatic heterocycles. The molecule has 0 spiro atoms. The Kier molecular flexibility index (Phi) is 12.0. The number of rotatable bonds is 11. The van der Waals surface area contributed by atoms with Crippen molar-refractivity contribution in [3.05, 3.63) is 58.2 Å². The van der Waals surface area contributed by atoms with Gasteiger partial charge in [0.15, 0.2) is 0 Å². The molecule has 45 heavy (non-hydrogen) atoms. The molecule has 3 unspecified atom stereocenters. The SMILES string of the molecule is CC.CCCC1CC(C)CN(CCCNC(=O)C2(C)Cn3c(cc4ccc(OC)cc43)C(=O)N2Cc2cc(Br)ccc2OC)C1. The van der Waals surface area contributed by atoms with Crippen LogP contribution in [0.15, 0.2) is 46.9 Å². The summed E-state index contributed by atoms with van der Waals surface area (Å²) in [7, 11) is 3.25. The van der Waals surface area contributed by atoms with Crippen molar-refractivity contribution in [3.8, 4) is 11.5 Å². The van der Waals surface area contributed by atoms with Crippen LogP contribution in [-0.4, -0.2) is 72.1 Å². The topological polar surface area (TPSA) is 76.0 Å². The number of carbonyl (C=O) groups excluding carboxylic acids is 2. The zero-order valence-corrected chi connectivity index (χ0v) is 29.7. The number of methoxy groups -OCH3 is 2. The third-order valence-electron chi connectivity index (χ3n) is 9.15. The van der Waals surface area contributed by atoms with Crippen LogP contribution in [0.25, 0.3) is 10.9 Å². The van der Waals surface area contributed by atoms with E-state index in [2.05, 4.69) is 40.0 Å². The zero-order valence-electron chi connectivity index (χ0n) is 28.1. The first kappa shape index (κ1) is 34.8. The summed E-state index contributed by atoms with van der Waals surface area (Å²) >= 11 is 3.56. The molecule has 9 heteroatoms. The highest BCUT2D eigenvalue weighted by atomic mass is 79.9. The molecule has 2 amide bonds. The highest BCUT2D eigenvalue weighted by molar-refractivity contribution is 9.10. The lowest BCUT2D eigenvalue weighted by molar-refractivity contribution is -0.133. The number of benzene rings is 2. The number of nitrogens with zero attached hydrogens (tertiary/aromatic N) is 3. The van der Waals surface area contributed by atoms with E-state index in [1.807, 2.05) is 67.8 Å². The molecule has 3 heterocycles. The minimum Gasteiger partial charge on any atom is -0.497 e. The van der Waals surface area contributed by atoms with E-state index >= 15 is 0 Å². The fraction of sp³-hybridized carbons (Fsp3) is 0.556. The lowest BCUT2D eigenvalue weighted by Crippen LogP contribution is -2.63. The Balaban J connectivity index is 0.00000226. The maximum Gasteiger partial charge on any atom is 0.271 e. The predicted octanol–water partition coefficient (Wildman–Crippen LogP) is 7.13. The Morgan fingerprint density at radius 1 is 1.09 bits per heavy atom. The van der Waals surface area contributed by atoms with Gasteiger partial charge in [-0.25, -0.2) is 0 Å². The number of amides is 2. The molecule has 0 saturated carbocycles. The number of likely N-dealkylation sites (tertiary alicyclic amines) is 1. The van der Waals surface area contributed by atoms with Crippen molar-refractivity contribution in [2.24, 2.45) is 11.8 Å². The third-order valence-corrected chi connectivity index (χ3v) is 9.65. The molecule has 3 atom stereocenters. The van der Waals surface area contributed by atoms with Gasteiger partial charge in [-0.2, -0.15) is 0 Å². The van der Waals surface area contributed by atoms with Crippen LogP contribution in [0.3, 0.4) is 0 Å². The Morgan fingerprint density at radius 2 is 1.87 bits per heavy atom. The highest BCUT2D eigenvalue weighted by Gasteiger charge is 2.48. The van der Waals surface area contributed by atoms with Crippen LogP contribution in [0.1, 0.15) is 76.4 Å². The van der Waals surface area contributed by atoms with E-state index in [0.29, 0.717) is 36.2 Å². The van der Waals surface area contributed by atoms with Gasteiger partial charge in [-0.3, -0.25) is 9.59 Å². The second kappa shape index (κ2) is 15.5. The summed E-state index contributed by atoms with van der Waals surface area (Å²) < 4.78 is 14.0. The number of hydrogen-bond donors (Lipinski definition) is 1. The molecule has 246 valence electrons. The number of nitrogens with one attached hydrogen (secondary N) is 1. The molecule has 0 bridgehead atoms. The number of ether oxygens (including phenoxy) is 2. The number of piperidine rings is 1. The molecular formula is C36H51BrN4O4. The van der Waals surface area contributed by atoms with Crippen LogP contribution in [0, 0.1) is 11.8 Å². The fourth-order valence-electron chi connectivity index (χ4n) is 7.04. The third kappa shape index (κ3) is 7.68. The number of aromatic nitrogens is 1. The van der Waals surface area contributed by atoms with E-state index in [9.17, 15) is 9.59 Å². The minimum absolute atomic E-state index is 0.152. The van der Waals surface area contributed by atoms with Gasteiger partial charge < -0.3 is 29.2 Å². The molecule has 2 aromatic carbocycles. The van der Waals surface area contributed by atoms with E-state index in [0.717, 1.165) is 52.9 Å². The van der Waals surface area contributed by atoms with Gasteiger partial charge in [0.25, 0.3) is 5.91 Å². The summed E-state index contributed by atoms with van der Waals surface area (Å²) in [6.07, 6.45) is 4.69. The Bertz CT molecular complexity index is 1470. The smallest absolute Gasteiger partial charge is 0.271 e. The van der Waals surface area contributed by atoms with Crippen LogP contribution in [0.2, 0.25) is 0 Å². The summed E-state index contributed by atoms with van der Waals surface area (Å²) in [5.74, 6) is 2.52.